The lowest BCUT2D eigenvalue weighted by Gasteiger charge is -2.41. The normalized spacial score (nSPS) is 15.1. The van der Waals surface area contributed by atoms with Crippen molar-refractivity contribution in [1.29, 1.82) is 0 Å². The van der Waals surface area contributed by atoms with E-state index in [1.165, 1.54) is 16.8 Å². The van der Waals surface area contributed by atoms with E-state index >= 15 is 0 Å². The van der Waals surface area contributed by atoms with Gasteiger partial charge in [0.2, 0.25) is 0 Å². The van der Waals surface area contributed by atoms with Gasteiger partial charge in [-0.1, -0.05) is 72.3 Å². The molecule has 4 heteroatoms. The second kappa shape index (κ2) is 8.47. The summed E-state index contributed by atoms with van der Waals surface area (Å²) in [5, 5.41) is 1.89. The standard InChI is InChI=1S/C26H24ClN3/c27-22-11-12-23-24(19-22)28-14-13-25(23)29-15-17-30(18-16-29)26(20-7-3-1-4-8-20)21-9-5-2-6-10-21/h1-14,19,26H,15-18H2. The van der Waals surface area contributed by atoms with E-state index in [-0.39, 0.29) is 6.04 Å². The molecule has 1 aromatic heterocycles. The summed E-state index contributed by atoms with van der Waals surface area (Å²) in [5.41, 5.74) is 4.89. The predicted octanol–water partition coefficient (Wildman–Crippen LogP) is 5.80. The fourth-order valence-electron chi connectivity index (χ4n) is 4.49. The van der Waals surface area contributed by atoms with Crippen molar-refractivity contribution in [2.45, 2.75) is 6.04 Å². The third-order valence-electron chi connectivity index (χ3n) is 5.93. The Hall–Kier alpha value is -2.88. The highest BCUT2D eigenvalue weighted by atomic mass is 35.5. The van der Waals surface area contributed by atoms with Gasteiger partial charge in [-0.05, 0) is 35.4 Å². The number of benzene rings is 3. The highest BCUT2D eigenvalue weighted by Gasteiger charge is 2.27. The van der Waals surface area contributed by atoms with Gasteiger partial charge < -0.3 is 4.90 Å². The third kappa shape index (κ3) is 3.79. The summed E-state index contributed by atoms with van der Waals surface area (Å²) < 4.78 is 0. The van der Waals surface area contributed by atoms with Gasteiger partial charge in [-0.25, -0.2) is 0 Å². The number of aromatic nitrogens is 1. The van der Waals surface area contributed by atoms with Crippen LogP contribution >= 0.6 is 11.6 Å². The first-order chi connectivity index (χ1) is 14.8. The van der Waals surface area contributed by atoms with Gasteiger partial charge in [0.1, 0.15) is 0 Å². The zero-order valence-electron chi connectivity index (χ0n) is 16.8. The fourth-order valence-corrected chi connectivity index (χ4v) is 4.65. The molecule has 0 atom stereocenters. The molecule has 5 rings (SSSR count). The van der Waals surface area contributed by atoms with E-state index in [1.54, 1.807) is 0 Å². The quantitative estimate of drug-likeness (QED) is 0.421. The van der Waals surface area contributed by atoms with Crippen LogP contribution in [0.5, 0.6) is 0 Å². The van der Waals surface area contributed by atoms with Gasteiger partial charge in [0.15, 0.2) is 0 Å². The SMILES string of the molecule is Clc1ccc2c(N3CCN(C(c4ccccc4)c4ccccc4)CC3)ccnc2c1. The van der Waals surface area contributed by atoms with Crippen molar-refractivity contribution in [3.05, 3.63) is 107 Å². The van der Waals surface area contributed by atoms with E-state index in [0.717, 1.165) is 42.1 Å². The van der Waals surface area contributed by atoms with E-state index in [2.05, 4.69) is 87.6 Å². The molecule has 1 aliphatic rings. The van der Waals surface area contributed by atoms with Gasteiger partial charge >= 0.3 is 0 Å². The monoisotopic (exact) mass is 413 g/mol. The van der Waals surface area contributed by atoms with Gasteiger partial charge in [-0.2, -0.15) is 0 Å². The molecule has 3 nitrogen and oxygen atoms in total. The number of rotatable bonds is 4. The lowest BCUT2D eigenvalue weighted by molar-refractivity contribution is 0.212. The van der Waals surface area contributed by atoms with Gasteiger partial charge in [0.05, 0.1) is 11.6 Å². The summed E-state index contributed by atoms with van der Waals surface area (Å²) in [6, 6.07) is 30.1. The molecule has 30 heavy (non-hydrogen) atoms. The van der Waals surface area contributed by atoms with Crippen LogP contribution in [-0.2, 0) is 0 Å². The zero-order chi connectivity index (χ0) is 20.3. The Morgan fingerprint density at radius 1 is 0.733 bits per heavy atom. The van der Waals surface area contributed by atoms with Crippen molar-refractivity contribution in [3.63, 3.8) is 0 Å². The van der Waals surface area contributed by atoms with Gasteiger partial charge in [0, 0.05) is 48.5 Å². The minimum absolute atomic E-state index is 0.280. The van der Waals surface area contributed by atoms with Crippen LogP contribution < -0.4 is 4.90 Å². The number of hydrogen-bond acceptors (Lipinski definition) is 3. The van der Waals surface area contributed by atoms with Crippen LogP contribution in [0.3, 0.4) is 0 Å². The number of hydrogen-bond donors (Lipinski definition) is 0. The number of nitrogens with zero attached hydrogens (tertiary/aromatic N) is 3. The van der Waals surface area contributed by atoms with Crippen LogP contribution in [-0.4, -0.2) is 36.1 Å². The first kappa shape index (κ1) is 19.1. The molecule has 0 amide bonds. The molecule has 0 N–H and O–H groups in total. The number of halogens is 1. The van der Waals surface area contributed by atoms with Crippen LogP contribution in [0.25, 0.3) is 10.9 Å². The maximum Gasteiger partial charge on any atom is 0.0737 e. The van der Waals surface area contributed by atoms with Crippen LogP contribution in [0.15, 0.2) is 91.1 Å². The molecule has 150 valence electrons. The summed E-state index contributed by atoms with van der Waals surface area (Å²) in [4.78, 5) is 9.57. The molecular weight excluding hydrogens is 390 g/mol. The molecule has 4 aromatic rings. The second-order valence-electron chi connectivity index (χ2n) is 7.74. The van der Waals surface area contributed by atoms with Crippen LogP contribution in [0.2, 0.25) is 5.02 Å². The molecule has 0 bridgehead atoms. The molecule has 1 saturated heterocycles. The highest BCUT2D eigenvalue weighted by Crippen LogP contribution is 2.32. The molecular formula is C26H24ClN3. The van der Waals surface area contributed by atoms with Gasteiger partial charge in [0.25, 0.3) is 0 Å². The van der Waals surface area contributed by atoms with Gasteiger partial charge in [-0.3, -0.25) is 9.88 Å². The average Bonchev–Trinajstić information content (AvgIpc) is 2.81. The first-order valence-electron chi connectivity index (χ1n) is 10.4. The van der Waals surface area contributed by atoms with E-state index in [9.17, 15) is 0 Å². The third-order valence-corrected chi connectivity index (χ3v) is 6.17. The Bertz CT molecular complexity index is 1080. The smallest absolute Gasteiger partial charge is 0.0737 e. The number of pyridine rings is 1. The highest BCUT2D eigenvalue weighted by molar-refractivity contribution is 6.31. The Kier molecular flexibility index (Phi) is 5.39. The Morgan fingerprint density at radius 3 is 2.00 bits per heavy atom. The molecule has 2 heterocycles. The molecule has 0 unspecified atom stereocenters. The number of anilines is 1. The lowest BCUT2D eigenvalue weighted by atomic mass is 9.96. The average molecular weight is 414 g/mol. The zero-order valence-corrected chi connectivity index (χ0v) is 17.5. The first-order valence-corrected chi connectivity index (χ1v) is 10.8. The Morgan fingerprint density at radius 2 is 1.37 bits per heavy atom. The van der Waals surface area contributed by atoms with Crippen molar-refractivity contribution in [1.82, 2.24) is 9.88 Å². The fraction of sp³-hybridized carbons (Fsp3) is 0.192. The largest absolute Gasteiger partial charge is 0.368 e. The number of fused-ring (bicyclic) bond motifs is 1. The van der Waals surface area contributed by atoms with Gasteiger partial charge in [-0.15, -0.1) is 0 Å². The van der Waals surface area contributed by atoms with Crippen LogP contribution in [0.4, 0.5) is 5.69 Å². The Balaban J connectivity index is 1.41. The number of piperazine rings is 1. The van der Waals surface area contributed by atoms with Crippen molar-refractivity contribution >= 4 is 28.2 Å². The van der Waals surface area contributed by atoms with Crippen molar-refractivity contribution in [2.75, 3.05) is 31.1 Å². The van der Waals surface area contributed by atoms with Crippen LogP contribution in [0, 0.1) is 0 Å². The summed E-state index contributed by atoms with van der Waals surface area (Å²) >= 11 is 6.17. The molecule has 1 fully saturated rings. The topological polar surface area (TPSA) is 19.4 Å². The summed E-state index contributed by atoms with van der Waals surface area (Å²) in [6.07, 6.45) is 1.89. The molecule has 1 aliphatic heterocycles. The lowest BCUT2D eigenvalue weighted by Crippen LogP contribution is -2.48. The summed E-state index contributed by atoms with van der Waals surface area (Å²) in [7, 11) is 0. The summed E-state index contributed by atoms with van der Waals surface area (Å²) in [5.74, 6) is 0. The van der Waals surface area contributed by atoms with Crippen LogP contribution in [0.1, 0.15) is 17.2 Å². The Labute approximate surface area is 182 Å². The van der Waals surface area contributed by atoms with Crippen molar-refractivity contribution in [2.24, 2.45) is 0 Å². The maximum atomic E-state index is 6.17. The summed E-state index contributed by atoms with van der Waals surface area (Å²) in [6.45, 7) is 3.98. The van der Waals surface area contributed by atoms with E-state index in [0.29, 0.717) is 0 Å². The molecule has 3 aromatic carbocycles. The van der Waals surface area contributed by atoms with E-state index < -0.39 is 0 Å². The minimum atomic E-state index is 0.280. The predicted molar refractivity (Wildman–Crippen MR) is 125 cm³/mol. The maximum absolute atomic E-state index is 6.17. The molecule has 0 aliphatic carbocycles. The van der Waals surface area contributed by atoms with E-state index in [1.807, 2.05) is 18.3 Å². The molecule has 0 saturated carbocycles. The van der Waals surface area contributed by atoms with Crippen molar-refractivity contribution in [3.8, 4) is 0 Å². The minimum Gasteiger partial charge on any atom is -0.368 e. The van der Waals surface area contributed by atoms with Crippen molar-refractivity contribution < 1.29 is 0 Å². The molecule has 0 spiro atoms. The second-order valence-corrected chi connectivity index (χ2v) is 8.17. The van der Waals surface area contributed by atoms with E-state index in [4.69, 9.17) is 11.6 Å². The molecule has 0 radical (unpaired) electrons.